The lowest BCUT2D eigenvalue weighted by atomic mass is 9.65. The molecule has 3 aliphatic carbocycles. The fourth-order valence-electron chi connectivity index (χ4n) is 9.57. The van der Waals surface area contributed by atoms with E-state index in [1.165, 1.54) is 4.90 Å². The number of sulfonamides is 1. The van der Waals surface area contributed by atoms with E-state index >= 15 is 0 Å². The second-order valence-electron chi connectivity index (χ2n) is 17.7. The minimum Gasteiger partial charge on any atom is -0.483 e. The number of carbonyl (C=O) groups excluding carboxylic acids is 4. The zero-order valence-corrected chi connectivity index (χ0v) is 34.0. The van der Waals surface area contributed by atoms with Crippen molar-refractivity contribution < 1.29 is 45.9 Å². The topological polar surface area (TPSA) is 173 Å². The Labute approximate surface area is 337 Å². The van der Waals surface area contributed by atoms with Crippen LogP contribution < -0.4 is 20.1 Å². The fourth-order valence-corrected chi connectivity index (χ4v) is 10.9. The van der Waals surface area contributed by atoms with E-state index in [4.69, 9.17) is 9.47 Å². The summed E-state index contributed by atoms with van der Waals surface area (Å²) in [6.07, 6.45) is 12.7. The number of halogens is 2. The molecule has 1 saturated heterocycles. The van der Waals surface area contributed by atoms with E-state index in [0.717, 1.165) is 57.1 Å². The summed E-state index contributed by atoms with van der Waals surface area (Å²) in [5.74, 6) is -4.11. The number of pyridine rings is 1. The maximum Gasteiger partial charge on any atom is 0.408 e. The zero-order chi connectivity index (χ0) is 41.0. The van der Waals surface area contributed by atoms with Crippen LogP contribution in [0.2, 0.25) is 0 Å². The first-order chi connectivity index (χ1) is 27.6. The van der Waals surface area contributed by atoms with Crippen LogP contribution >= 0.6 is 0 Å². The Morgan fingerprint density at radius 2 is 1.71 bits per heavy atom. The van der Waals surface area contributed by atoms with E-state index in [1.54, 1.807) is 13.8 Å². The van der Waals surface area contributed by atoms with Gasteiger partial charge in [-0.25, -0.2) is 27.0 Å². The maximum absolute atomic E-state index is 14.9. The van der Waals surface area contributed by atoms with Crippen LogP contribution in [0, 0.1) is 24.5 Å². The average molecular weight is 826 g/mol. The van der Waals surface area contributed by atoms with Gasteiger partial charge in [0.25, 0.3) is 5.91 Å². The SMILES string of the molecule is Cc1nc2cc(F)c(F)cc2c2c1OC1(CC2)CC2C(=O)NC3(C(=O)NS(=O)(=O)C4(C)CC4)CCC3C=CCCCCCC(NC(=O)OC3CCCCC3)C(=O)N2C1. The number of ether oxygens (including phenoxy) is 2. The molecule has 1 aromatic heterocycles. The van der Waals surface area contributed by atoms with Gasteiger partial charge in [0.1, 0.15) is 35.1 Å². The second kappa shape index (κ2) is 15.4. The predicted octanol–water partition coefficient (Wildman–Crippen LogP) is 5.70. The summed E-state index contributed by atoms with van der Waals surface area (Å²) in [7, 11) is -4.04. The Balaban J connectivity index is 1.13. The molecule has 5 unspecified atom stereocenters. The van der Waals surface area contributed by atoms with Crippen LogP contribution in [0.4, 0.5) is 13.6 Å². The number of nitrogens with zero attached hydrogens (tertiary/aromatic N) is 2. The van der Waals surface area contributed by atoms with Crippen LogP contribution in [-0.2, 0) is 35.6 Å². The van der Waals surface area contributed by atoms with Gasteiger partial charge in [0, 0.05) is 29.4 Å². The minimum atomic E-state index is -4.04. The van der Waals surface area contributed by atoms with Crippen molar-refractivity contribution in [3.05, 3.63) is 47.2 Å². The normalized spacial score (nSPS) is 30.1. The van der Waals surface area contributed by atoms with Crippen molar-refractivity contribution in [2.75, 3.05) is 6.54 Å². The molecule has 1 spiro atoms. The molecule has 4 amide bonds. The van der Waals surface area contributed by atoms with Gasteiger partial charge in [-0.2, -0.15) is 0 Å². The van der Waals surface area contributed by atoms with E-state index in [-0.39, 0.29) is 31.0 Å². The molecule has 6 aliphatic rings. The third kappa shape index (κ3) is 7.53. The van der Waals surface area contributed by atoms with Gasteiger partial charge in [0.15, 0.2) is 11.6 Å². The number of carbonyl (C=O) groups is 4. The summed E-state index contributed by atoms with van der Waals surface area (Å²) in [5, 5.41) is 6.21. The molecule has 5 atom stereocenters. The van der Waals surface area contributed by atoms with E-state index in [9.17, 15) is 36.4 Å². The van der Waals surface area contributed by atoms with E-state index in [0.29, 0.717) is 73.8 Å². The molecule has 3 saturated carbocycles. The minimum absolute atomic E-state index is 0.00703. The molecule has 1 aromatic carbocycles. The summed E-state index contributed by atoms with van der Waals surface area (Å²) < 4.78 is 69.1. The van der Waals surface area contributed by atoms with Gasteiger partial charge in [0.05, 0.1) is 22.5 Å². The van der Waals surface area contributed by atoms with Gasteiger partial charge in [0.2, 0.25) is 21.8 Å². The lowest BCUT2D eigenvalue weighted by molar-refractivity contribution is -0.144. The molecule has 314 valence electrons. The Hall–Kier alpha value is -4.34. The Bertz CT molecular complexity index is 2160. The second-order valence-corrected chi connectivity index (χ2v) is 19.9. The standard InChI is InChI=1S/C42H53F2N5O8S/c1-25-35-28(29-21-30(43)31(44)22-33(29)45-25)16-17-41(57-35)23-34-36(50)47-42(38(52)48-58(54,55)40(2)19-20-40)18-15-26(42)11-7-4-3-5-10-14-32(37(51)49(34)24-41)46-39(53)56-27-12-8-6-9-13-27/h7,11,21-22,26-27,32,34H,3-6,8-10,12-20,23-24H2,1-2H3,(H,46,53)(H,47,50)(H,48,52). The van der Waals surface area contributed by atoms with Gasteiger partial charge in [-0.1, -0.05) is 31.4 Å². The molecule has 0 bridgehead atoms. The van der Waals surface area contributed by atoms with E-state index < -0.39 is 79.4 Å². The van der Waals surface area contributed by atoms with Crippen molar-refractivity contribution in [3.8, 4) is 5.75 Å². The number of allylic oxidation sites excluding steroid dienone is 1. The van der Waals surface area contributed by atoms with Crippen molar-refractivity contribution in [2.24, 2.45) is 5.92 Å². The fraction of sp³-hybridized carbons (Fsp3) is 0.643. The van der Waals surface area contributed by atoms with Gasteiger partial charge in [-0.05, 0) is 103 Å². The van der Waals surface area contributed by atoms with Crippen molar-refractivity contribution in [2.45, 2.75) is 157 Å². The van der Waals surface area contributed by atoms with Crippen molar-refractivity contribution in [1.29, 1.82) is 0 Å². The lowest BCUT2D eigenvalue weighted by Crippen LogP contribution is -2.70. The number of hydrogen-bond acceptors (Lipinski definition) is 9. The number of rotatable bonds is 5. The summed E-state index contributed by atoms with van der Waals surface area (Å²) in [5.41, 5.74) is -1.36. The van der Waals surface area contributed by atoms with Gasteiger partial charge >= 0.3 is 6.09 Å². The average Bonchev–Trinajstić information content (AvgIpc) is 3.84. The highest BCUT2D eigenvalue weighted by Crippen LogP contribution is 2.47. The number of amides is 4. The molecule has 58 heavy (non-hydrogen) atoms. The van der Waals surface area contributed by atoms with Crippen LogP contribution in [0.5, 0.6) is 5.75 Å². The third-order valence-electron chi connectivity index (χ3n) is 13.6. The van der Waals surface area contributed by atoms with Gasteiger partial charge in [-0.3, -0.25) is 19.1 Å². The highest BCUT2D eigenvalue weighted by molar-refractivity contribution is 7.91. The highest BCUT2D eigenvalue weighted by atomic mass is 32.2. The van der Waals surface area contributed by atoms with E-state index in [1.807, 2.05) is 12.2 Å². The first kappa shape index (κ1) is 40.4. The monoisotopic (exact) mass is 825 g/mol. The summed E-state index contributed by atoms with van der Waals surface area (Å²) in [4.78, 5) is 63.1. The van der Waals surface area contributed by atoms with Crippen LogP contribution in [0.1, 0.15) is 121 Å². The summed E-state index contributed by atoms with van der Waals surface area (Å²) in [6, 6.07) is -0.0465. The van der Waals surface area contributed by atoms with Crippen molar-refractivity contribution in [3.63, 3.8) is 0 Å². The smallest absolute Gasteiger partial charge is 0.408 e. The molecule has 13 nitrogen and oxygen atoms in total. The number of hydrogen-bond donors (Lipinski definition) is 3. The zero-order valence-electron chi connectivity index (χ0n) is 33.2. The lowest BCUT2D eigenvalue weighted by Gasteiger charge is -2.48. The van der Waals surface area contributed by atoms with Gasteiger partial charge < -0.3 is 25.0 Å². The van der Waals surface area contributed by atoms with Crippen molar-refractivity contribution >= 4 is 44.7 Å². The maximum atomic E-state index is 14.9. The largest absolute Gasteiger partial charge is 0.483 e. The van der Waals surface area contributed by atoms with Crippen LogP contribution in [-0.4, -0.2) is 82.7 Å². The van der Waals surface area contributed by atoms with Crippen LogP contribution in [0.3, 0.4) is 0 Å². The number of aryl methyl sites for hydroxylation is 2. The molecule has 2 aromatic rings. The Morgan fingerprint density at radius 3 is 2.43 bits per heavy atom. The molecule has 8 rings (SSSR count). The van der Waals surface area contributed by atoms with Crippen LogP contribution in [0.25, 0.3) is 10.9 Å². The van der Waals surface area contributed by atoms with Crippen LogP contribution in [0.15, 0.2) is 24.3 Å². The molecular formula is C42H53F2N5O8S. The highest BCUT2D eigenvalue weighted by Gasteiger charge is 2.59. The molecular weight excluding hydrogens is 773 g/mol. The molecule has 16 heteroatoms. The number of alkyl carbamates (subject to hydrolysis) is 1. The number of nitrogens with one attached hydrogen (secondary N) is 3. The number of fused-ring (bicyclic) bond motifs is 5. The predicted molar refractivity (Wildman–Crippen MR) is 209 cm³/mol. The quantitative estimate of drug-likeness (QED) is 0.320. The molecule has 0 radical (unpaired) electrons. The molecule has 4 heterocycles. The first-order valence-electron chi connectivity index (χ1n) is 20.9. The summed E-state index contributed by atoms with van der Waals surface area (Å²) in [6.45, 7) is 3.23. The number of benzene rings is 1. The Kier molecular flexibility index (Phi) is 10.7. The first-order valence-corrected chi connectivity index (χ1v) is 22.4. The van der Waals surface area contributed by atoms with E-state index in [2.05, 4.69) is 20.3 Å². The molecule has 3 N–H and O–H groups in total. The van der Waals surface area contributed by atoms with Crippen molar-refractivity contribution in [1.82, 2.24) is 25.2 Å². The summed E-state index contributed by atoms with van der Waals surface area (Å²) >= 11 is 0. The number of aromatic nitrogens is 1. The Morgan fingerprint density at radius 1 is 0.983 bits per heavy atom. The van der Waals surface area contributed by atoms with Gasteiger partial charge in [-0.15, -0.1) is 0 Å². The molecule has 3 aliphatic heterocycles. The molecule has 4 fully saturated rings. The third-order valence-corrected chi connectivity index (χ3v) is 15.8.